The molecule has 15 heavy (non-hydrogen) atoms. The van der Waals surface area contributed by atoms with Gasteiger partial charge in [0.05, 0.1) is 6.54 Å². The summed E-state index contributed by atoms with van der Waals surface area (Å²) >= 11 is 0. The molecule has 2 aromatic rings. The second-order valence-electron chi connectivity index (χ2n) is 3.79. The maximum Gasteiger partial charge on any atom is 0.267 e. The molecule has 0 aliphatic carbocycles. The van der Waals surface area contributed by atoms with Crippen LogP contribution >= 0.6 is 0 Å². The van der Waals surface area contributed by atoms with Crippen molar-refractivity contribution in [2.45, 2.75) is 20.4 Å². The van der Waals surface area contributed by atoms with Crippen LogP contribution in [0.1, 0.15) is 16.8 Å². The third-order valence-electron chi connectivity index (χ3n) is 2.51. The maximum absolute atomic E-state index is 11.5. The number of H-pyrrole nitrogens is 1. The topological polar surface area (TPSA) is 37.8 Å². The van der Waals surface area contributed by atoms with E-state index in [9.17, 15) is 4.79 Å². The lowest BCUT2D eigenvalue weighted by atomic mass is 10.1. The number of aromatic amines is 1. The fourth-order valence-corrected chi connectivity index (χ4v) is 1.64. The number of nitrogens with zero attached hydrogens (tertiary/aromatic N) is 1. The molecule has 1 aromatic heterocycles. The van der Waals surface area contributed by atoms with Crippen molar-refractivity contribution in [3.05, 3.63) is 57.5 Å². The van der Waals surface area contributed by atoms with Crippen LogP contribution in [0.25, 0.3) is 0 Å². The minimum atomic E-state index is 0.0238. The van der Waals surface area contributed by atoms with Gasteiger partial charge >= 0.3 is 0 Å². The Kier molecular flexibility index (Phi) is 2.46. The molecule has 1 heterocycles. The standard InChI is InChI=1S/C12H14N2O/c1-9-5-3-4-6-11(9)8-14-12(15)7-10(2)13-14/h3-7,13H,8H2,1-2H3. The molecule has 3 heteroatoms. The molecule has 3 nitrogen and oxygen atoms in total. The van der Waals surface area contributed by atoms with Crippen molar-refractivity contribution in [3.63, 3.8) is 0 Å². The quantitative estimate of drug-likeness (QED) is 0.792. The van der Waals surface area contributed by atoms with E-state index in [1.165, 1.54) is 11.1 Å². The summed E-state index contributed by atoms with van der Waals surface area (Å²) in [4.78, 5) is 11.5. The van der Waals surface area contributed by atoms with Crippen LogP contribution in [-0.4, -0.2) is 9.78 Å². The molecule has 0 aliphatic heterocycles. The molecule has 0 spiro atoms. The minimum absolute atomic E-state index is 0.0238. The number of aryl methyl sites for hydroxylation is 2. The zero-order chi connectivity index (χ0) is 10.8. The van der Waals surface area contributed by atoms with Gasteiger partial charge in [-0.2, -0.15) is 0 Å². The Hall–Kier alpha value is -1.77. The Morgan fingerprint density at radius 2 is 2.00 bits per heavy atom. The Labute approximate surface area is 88.4 Å². The molecule has 0 bridgehead atoms. The molecule has 1 N–H and O–H groups in total. The number of nitrogens with one attached hydrogen (secondary N) is 1. The molecule has 0 amide bonds. The van der Waals surface area contributed by atoms with Crippen LogP contribution in [0.4, 0.5) is 0 Å². The number of hydrogen-bond donors (Lipinski definition) is 1. The van der Waals surface area contributed by atoms with E-state index in [2.05, 4.69) is 18.1 Å². The third-order valence-corrected chi connectivity index (χ3v) is 2.51. The van der Waals surface area contributed by atoms with E-state index >= 15 is 0 Å². The minimum Gasteiger partial charge on any atom is -0.300 e. The molecule has 0 aliphatic rings. The molecule has 0 fully saturated rings. The van der Waals surface area contributed by atoms with Crippen molar-refractivity contribution in [1.82, 2.24) is 9.78 Å². The molecule has 78 valence electrons. The fraction of sp³-hybridized carbons (Fsp3) is 0.250. The first kappa shape index (κ1) is 9.77. The van der Waals surface area contributed by atoms with Crippen molar-refractivity contribution in [2.75, 3.05) is 0 Å². The van der Waals surface area contributed by atoms with Crippen LogP contribution < -0.4 is 5.56 Å². The highest BCUT2D eigenvalue weighted by Gasteiger charge is 2.02. The summed E-state index contributed by atoms with van der Waals surface area (Å²) in [5, 5.41) is 3.02. The van der Waals surface area contributed by atoms with Gasteiger partial charge in [-0.05, 0) is 25.0 Å². The van der Waals surface area contributed by atoms with Gasteiger partial charge in [0.15, 0.2) is 0 Å². The number of benzene rings is 1. The van der Waals surface area contributed by atoms with Crippen molar-refractivity contribution in [2.24, 2.45) is 0 Å². The Bertz CT molecular complexity index is 522. The first-order chi connectivity index (χ1) is 7.16. The highest BCUT2D eigenvalue weighted by molar-refractivity contribution is 5.25. The van der Waals surface area contributed by atoms with Crippen LogP contribution in [0, 0.1) is 13.8 Å². The molecule has 0 atom stereocenters. The predicted molar refractivity (Wildman–Crippen MR) is 60.1 cm³/mol. The molecule has 0 unspecified atom stereocenters. The monoisotopic (exact) mass is 202 g/mol. The van der Waals surface area contributed by atoms with E-state index in [1.807, 2.05) is 25.1 Å². The third kappa shape index (κ3) is 2.01. The summed E-state index contributed by atoms with van der Waals surface area (Å²) in [6.07, 6.45) is 0. The summed E-state index contributed by atoms with van der Waals surface area (Å²) in [5.41, 5.74) is 3.29. The smallest absolute Gasteiger partial charge is 0.267 e. The molecular weight excluding hydrogens is 188 g/mol. The average Bonchev–Trinajstić information content (AvgIpc) is 2.49. The van der Waals surface area contributed by atoms with E-state index in [-0.39, 0.29) is 5.56 Å². The van der Waals surface area contributed by atoms with Gasteiger partial charge in [0.2, 0.25) is 0 Å². The van der Waals surface area contributed by atoms with Crippen molar-refractivity contribution in [1.29, 1.82) is 0 Å². The second kappa shape index (κ2) is 3.77. The van der Waals surface area contributed by atoms with Gasteiger partial charge in [-0.3, -0.25) is 9.89 Å². The van der Waals surface area contributed by atoms with Gasteiger partial charge in [-0.15, -0.1) is 0 Å². The van der Waals surface area contributed by atoms with Crippen LogP contribution in [-0.2, 0) is 6.54 Å². The Morgan fingerprint density at radius 1 is 1.27 bits per heavy atom. The van der Waals surface area contributed by atoms with E-state index in [0.29, 0.717) is 6.54 Å². The van der Waals surface area contributed by atoms with E-state index in [4.69, 9.17) is 0 Å². The van der Waals surface area contributed by atoms with Crippen LogP contribution in [0.15, 0.2) is 35.1 Å². The first-order valence-corrected chi connectivity index (χ1v) is 4.98. The first-order valence-electron chi connectivity index (χ1n) is 4.98. The van der Waals surface area contributed by atoms with Crippen LogP contribution in [0.3, 0.4) is 0 Å². The fourth-order valence-electron chi connectivity index (χ4n) is 1.64. The summed E-state index contributed by atoms with van der Waals surface area (Å²) in [6.45, 7) is 4.55. The summed E-state index contributed by atoms with van der Waals surface area (Å²) < 4.78 is 1.62. The number of hydrogen-bond acceptors (Lipinski definition) is 1. The summed E-state index contributed by atoms with van der Waals surface area (Å²) in [5.74, 6) is 0. The van der Waals surface area contributed by atoms with Crippen LogP contribution in [0.5, 0.6) is 0 Å². The predicted octanol–water partition coefficient (Wildman–Crippen LogP) is 1.84. The maximum atomic E-state index is 11.5. The van der Waals surface area contributed by atoms with Crippen molar-refractivity contribution >= 4 is 0 Å². The van der Waals surface area contributed by atoms with Crippen molar-refractivity contribution in [3.8, 4) is 0 Å². The summed E-state index contributed by atoms with van der Waals surface area (Å²) in [6, 6.07) is 9.69. The van der Waals surface area contributed by atoms with Crippen molar-refractivity contribution < 1.29 is 0 Å². The summed E-state index contributed by atoms with van der Waals surface area (Å²) in [7, 11) is 0. The van der Waals surface area contributed by atoms with E-state index < -0.39 is 0 Å². The highest BCUT2D eigenvalue weighted by atomic mass is 16.1. The Morgan fingerprint density at radius 3 is 2.60 bits per heavy atom. The Balaban J connectivity index is 2.34. The van der Waals surface area contributed by atoms with Gasteiger partial charge in [0.1, 0.15) is 0 Å². The number of aromatic nitrogens is 2. The van der Waals surface area contributed by atoms with Gasteiger partial charge < -0.3 is 0 Å². The van der Waals surface area contributed by atoms with Gasteiger partial charge in [0, 0.05) is 11.8 Å². The zero-order valence-electron chi connectivity index (χ0n) is 8.95. The molecule has 0 saturated carbocycles. The van der Waals surface area contributed by atoms with Gasteiger partial charge in [-0.1, -0.05) is 24.3 Å². The molecule has 0 saturated heterocycles. The van der Waals surface area contributed by atoms with Gasteiger partial charge in [-0.25, -0.2) is 4.68 Å². The largest absolute Gasteiger partial charge is 0.300 e. The van der Waals surface area contributed by atoms with Gasteiger partial charge in [0.25, 0.3) is 5.56 Å². The lowest BCUT2D eigenvalue weighted by molar-refractivity contribution is 0.655. The molecule has 2 rings (SSSR count). The SMILES string of the molecule is Cc1cc(=O)n(Cc2ccccc2C)[nH]1. The highest BCUT2D eigenvalue weighted by Crippen LogP contribution is 2.07. The average molecular weight is 202 g/mol. The van der Waals surface area contributed by atoms with E-state index in [0.717, 1.165) is 5.69 Å². The van der Waals surface area contributed by atoms with Crippen LogP contribution in [0.2, 0.25) is 0 Å². The zero-order valence-corrected chi connectivity index (χ0v) is 8.95. The number of rotatable bonds is 2. The second-order valence-corrected chi connectivity index (χ2v) is 3.79. The molecular formula is C12H14N2O. The van der Waals surface area contributed by atoms with E-state index in [1.54, 1.807) is 10.7 Å². The lowest BCUT2D eigenvalue weighted by Gasteiger charge is -2.05. The molecule has 1 aromatic carbocycles. The molecule has 0 radical (unpaired) electrons. The lowest BCUT2D eigenvalue weighted by Crippen LogP contribution is -2.17. The normalized spacial score (nSPS) is 10.5.